The highest BCUT2D eigenvalue weighted by molar-refractivity contribution is 7.47. The monoisotopic (exact) mass is 915 g/mol. The standard InChI is InChI=1S/C51H95O11P/c1-4-6-7-8-9-10-11-18-22-25-28-31-34-38-47(53)39-36-41-50(55)59-44-49(45-61-63(57,58)60-43-48(54)42-52)62-51(56)40-35-32-29-26-23-20-17-15-13-12-14-16-19-21-24-27-30-33-37-46(3)5-2/h18,22,28,31,34,38,46-49,52-54H,4-17,19-21,23-27,29-30,32-33,35-37,39-45H2,1-3H3,(H,57,58)/b22-18+,31-28+,38-34+/t46?,47?,48-,49+/m0/s1. The third-order valence-electron chi connectivity index (χ3n) is 11.4. The summed E-state index contributed by atoms with van der Waals surface area (Å²) in [5.74, 6) is -0.226. The number of phosphoric acid groups is 1. The Labute approximate surface area is 384 Å². The molecule has 0 aliphatic rings. The lowest BCUT2D eigenvalue weighted by molar-refractivity contribution is -0.161. The van der Waals surface area contributed by atoms with E-state index in [0.29, 0.717) is 19.3 Å². The molecule has 0 aliphatic carbocycles. The fraction of sp³-hybridized carbons (Fsp3) is 0.843. The smallest absolute Gasteiger partial charge is 0.462 e. The molecule has 0 spiro atoms. The molecule has 0 aromatic rings. The summed E-state index contributed by atoms with van der Waals surface area (Å²) in [6.07, 6.45) is 44.2. The Kier molecular flexibility index (Phi) is 44.0. The SMILES string of the molecule is CCCCCCCC/C=C/C/C=C/C=C/C(O)CCCC(=O)OC[C@H](COP(=O)(O)OC[C@@H](O)CO)OC(=O)CCCCCCCCCCCCCCCCCCCCC(C)CC. The van der Waals surface area contributed by atoms with Gasteiger partial charge in [0, 0.05) is 12.8 Å². The predicted molar refractivity (Wildman–Crippen MR) is 257 cm³/mol. The number of hydrogen-bond acceptors (Lipinski definition) is 10. The van der Waals surface area contributed by atoms with Crippen LogP contribution in [0.5, 0.6) is 0 Å². The van der Waals surface area contributed by atoms with Crippen LogP contribution in [0.1, 0.15) is 226 Å². The zero-order valence-electron chi connectivity index (χ0n) is 40.3. The number of aliphatic hydroxyl groups is 3. The summed E-state index contributed by atoms with van der Waals surface area (Å²) in [4.78, 5) is 35.2. The van der Waals surface area contributed by atoms with E-state index < -0.39 is 64.5 Å². The summed E-state index contributed by atoms with van der Waals surface area (Å²) in [7, 11) is -4.67. The van der Waals surface area contributed by atoms with Gasteiger partial charge < -0.3 is 29.7 Å². The van der Waals surface area contributed by atoms with Crippen molar-refractivity contribution in [3.63, 3.8) is 0 Å². The first kappa shape index (κ1) is 61.1. The van der Waals surface area contributed by atoms with Crippen molar-refractivity contribution in [1.29, 1.82) is 0 Å². The highest BCUT2D eigenvalue weighted by Gasteiger charge is 2.27. The molecule has 0 fully saturated rings. The van der Waals surface area contributed by atoms with E-state index in [2.05, 4.69) is 37.4 Å². The van der Waals surface area contributed by atoms with Gasteiger partial charge in [0.15, 0.2) is 6.10 Å². The number of unbranched alkanes of at least 4 members (excludes halogenated alkanes) is 23. The number of allylic oxidation sites excluding steroid dienone is 5. The van der Waals surface area contributed by atoms with Gasteiger partial charge in [0.25, 0.3) is 0 Å². The van der Waals surface area contributed by atoms with Gasteiger partial charge in [0.2, 0.25) is 0 Å². The summed E-state index contributed by atoms with van der Waals surface area (Å²) >= 11 is 0. The summed E-state index contributed by atoms with van der Waals surface area (Å²) in [6.45, 7) is 4.58. The highest BCUT2D eigenvalue weighted by atomic mass is 31.2. The topological polar surface area (TPSA) is 169 Å². The number of aliphatic hydroxyl groups excluding tert-OH is 3. The predicted octanol–water partition coefficient (Wildman–Crippen LogP) is 13.1. The lowest BCUT2D eigenvalue weighted by Gasteiger charge is -2.20. The molecule has 0 aliphatic heterocycles. The van der Waals surface area contributed by atoms with E-state index in [-0.39, 0.29) is 12.8 Å². The van der Waals surface area contributed by atoms with Crippen LogP contribution in [0.15, 0.2) is 36.5 Å². The number of carbonyl (C=O) groups excluding carboxylic acids is 2. The van der Waals surface area contributed by atoms with Crippen molar-refractivity contribution in [2.45, 2.75) is 245 Å². The van der Waals surface area contributed by atoms with Gasteiger partial charge in [-0.1, -0.05) is 211 Å². The van der Waals surface area contributed by atoms with Gasteiger partial charge in [-0.05, 0) is 44.4 Å². The fourth-order valence-corrected chi connectivity index (χ4v) is 7.89. The van der Waals surface area contributed by atoms with Crippen LogP contribution >= 0.6 is 7.82 Å². The molecule has 5 atom stereocenters. The van der Waals surface area contributed by atoms with Crippen molar-refractivity contribution in [1.82, 2.24) is 0 Å². The maximum Gasteiger partial charge on any atom is 0.472 e. The minimum Gasteiger partial charge on any atom is -0.462 e. The number of hydrogen-bond donors (Lipinski definition) is 4. The summed E-state index contributed by atoms with van der Waals surface area (Å²) in [6, 6.07) is 0. The second-order valence-electron chi connectivity index (χ2n) is 17.6. The third-order valence-corrected chi connectivity index (χ3v) is 12.4. The number of phosphoric ester groups is 1. The molecule has 370 valence electrons. The van der Waals surface area contributed by atoms with Gasteiger partial charge in [-0.2, -0.15) is 0 Å². The van der Waals surface area contributed by atoms with Gasteiger partial charge in [0.1, 0.15) is 12.7 Å². The number of ether oxygens (including phenoxy) is 2. The molecule has 0 aromatic carbocycles. The first-order chi connectivity index (χ1) is 30.5. The maximum absolute atomic E-state index is 12.7. The number of esters is 2. The number of rotatable bonds is 47. The van der Waals surface area contributed by atoms with E-state index in [4.69, 9.17) is 19.1 Å². The van der Waals surface area contributed by atoms with Crippen molar-refractivity contribution >= 4 is 19.8 Å². The van der Waals surface area contributed by atoms with Crippen LogP contribution in [-0.2, 0) is 32.7 Å². The van der Waals surface area contributed by atoms with E-state index >= 15 is 0 Å². The van der Waals surface area contributed by atoms with Crippen molar-refractivity contribution in [2.24, 2.45) is 5.92 Å². The Morgan fingerprint density at radius 1 is 0.587 bits per heavy atom. The van der Waals surface area contributed by atoms with Gasteiger partial charge in [-0.3, -0.25) is 18.6 Å². The molecule has 0 bridgehead atoms. The van der Waals surface area contributed by atoms with E-state index in [0.717, 1.165) is 38.0 Å². The molecule has 11 nitrogen and oxygen atoms in total. The molecule has 12 heteroatoms. The average molecular weight is 915 g/mol. The van der Waals surface area contributed by atoms with Gasteiger partial charge in [0.05, 0.1) is 25.9 Å². The molecule has 0 rings (SSSR count). The molecule has 3 unspecified atom stereocenters. The molecule has 0 aromatic heterocycles. The van der Waals surface area contributed by atoms with Gasteiger partial charge in [-0.25, -0.2) is 4.57 Å². The maximum atomic E-state index is 12.7. The normalized spacial score (nSPS) is 15.0. The molecular weight excluding hydrogens is 820 g/mol. The zero-order chi connectivity index (χ0) is 46.5. The van der Waals surface area contributed by atoms with Crippen LogP contribution in [0, 0.1) is 5.92 Å². The van der Waals surface area contributed by atoms with E-state index in [1.165, 1.54) is 141 Å². The quantitative estimate of drug-likeness (QED) is 0.0151. The van der Waals surface area contributed by atoms with Crippen LogP contribution in [0.25, 0.3) is 0 Å². The first-order valence-corrected chi connectivity index (χ1v) is 26.9. The van der Waals surface area contributed by atoms with Crippen LogP contribution in [-0.4, -0.2) is 76.9 Å². The zero-order valence-corrected chi connectivity index (χ0v) is 41.2. The van der Waals surface area contributed by atoms with E-state index in [1.54, 1.807) is 12.2 Å². The fourth-order valence-electron chi connectivity index (χ4n) is 7.10. The molecular formula is C51H95O11P. The van der Waals surface area contributed by atoms with Gasteiger partial charge >= 0.3 is 19.8 Å². The van der Waals surface area contributed by atoms with Crippen LogP contribution in [0.2, 0.25) is 0 Å². The minimum atomic E-state index is -4.67. The lowest BCUT2D eigenvalue weighted by atomic mass is 9.99. The highest BCUT2D eigenvalue weighted by Crippen LogP contribution is 2.43. The first-order valence-electron chi connectivity index (χ1n) is 25.4. The molecule has 0 saturated carbocycles. The summed E-state index contributed by atoms with van der Waals surface area (Å²) in [5, 5.41) is 28.7. The van der Waals surface area contributed by atoms with E-state index in [1.807, 2.05) is 12.2 Å². The second-order valence-corrected chi connectivity index (χ2v) is 19.1. The van der Waals surface area contributed by atoms with Crippen LogP contribution < -0.4 is 0 Å². The Balaban J connectivity index is 4.31. The third kappa shape index (κ3) is 45.1. The van der Waals surface area contributed by atoms with Crippen molar-refractivity contribution in [3.05, 3.63) is 36.5 Å². The molecule has 0 radical (unpaired) electrons. The molecule has 63 heavy (non-hydrogen) atoms. The molecule has 0 heterocycles. The molecule has 4 N–H and O–H groups in total. The van der Waals surface area contributed by atoms with Crippen LogP contribution in [0.3, 0.4) is 0 Å². The second kappa shape index (κ2) is 45.3. The van der Waals surface area contributed by atoms with Crippen molar-refractivity contribution in [2.75, 3.05) is 26.4 Å². The van der Waals surface area contributed by atoms with Crippen molar-refractivity contribution < 1.29 is 52.9 Å². The largest absolute Gasteiger partial charge is 0.472 e. The number of carbonyl (C=O) groups is 2. The van der Waals surface area contributed by atoms with E-state index in [9.17, 15) is 29.3 Å². The molecule has 0 saturated heterocycles. The lowest BCUT2D eigenvalue weighted by Crippen LogP contribution is -2.30. The van der Waals surface area contributed by atoms with Crippen molar-refractivity contribution in [3.8, 4) is 0 Å². The average Bonchev–Trinajstić information content (AvgIpc) is 3.27. The Hall–Kier alpha value is -1.85. The summed E-state index contributed by atoms with van der Waals surface area (Å²) in [5.41, 5.74) is 0. The summed E-state index contributed by atoms with van der Waals surface area (Å²) < 4.78 is 32.7. The van der Waals surface area contributed by atoms with Crippen LogP contribution in [0.4, 0.5) is 0 Å². The van der Waals surface area contributed by atoms with Gasteiger partial charge in [-0.15, -0.1) is 0 Å². The Morgan fingerprint density at radius 3 is 1.68 bits per heavy atom. The molecule has 0 amide bonds. The Bertz CT molecular complexity index is 1180. The minimum absolute atomic E-state index is 0.0192. The Morgan fingerprint density at radius 2 is 1.11 bits per heavy atom.